The van der Waals surface area contributed by atoms with Crippen LogP contribution in [0.25, 0.3) is 5.69 Å². The van der Waals surface area contributed by atoms with Gasteiger partial charge in [-0.3, -0.25) is 0 Å². The number of carbonyl (C=O) groups excluding carboxylic acids is 1. The Balaban J connectivity index is 1.94. The molecule has 7 nitrogen and oxygen atoms in total. The summed E-state index contributed by atoms with van der Waals surface area (Å²) >= 11 is 0. The molecule has 0 bridgehead atoms. The van der Waals surface area contributed by atoms with Crippen molar-refractivity contribution >= 4 is 6.03 Å². The molecule has 1 aliphatic carbocycles. The van der Waals surface area contributed by atoms with Crippen LogP contribution in [-0.4, -0.2) is 43.3 Å². The minimum absolute atomic E-state index is 0.182. The lowest BCUT2D eigenvalue weighted by Gasteiger charge is -2.32. The third kappa shape index (κ3) is 4.03. The molecule has 1 aliphatic rings. The van der Waals surface area contributed by atoms with E-state index in [9.17, 15) is 9.59 Å². The third-order valence-corrected chi connectivity index (χ3v) is 5.70. The summed E-state index contributed by atoms with van der Waals surface area (Å²) in [6, 6.07) is 5.78. The summed E-state index contributed by atoms with van der Waals surface area (Å²) in [7, 11) is 0. The Morgan fingerprint density at radius 1 is 1.18 bits per heavy atom. The number of benzene rings is 1. The first-order valence-corrected chi connectivity index (χ1v) is 10.5. The van der Waals surface area contributed by atoms with Crippen LogP contribution >= 0.6 is 0 Å². The molecule has 7 heteroatoms. The highest BCUT2D eigenvalue weighted by Crippen LogP contribution is 2.23. The van der Waals surface area contributed by atoms with Crippen molar-refractivity contribution in [1.29, 1.82) is 0 Å². The summed E-state index contributed by atoms with van der Waals surface area (Å²) in [5.41, 5.74) is 2.27. The summed E-state index contributed by atoms with van der Waals surface area (Å²) in [6.45, 7) is 6.61. The van der Waals surface area contributed by atoms with E-state index < -0.39 is 5.69 Å². The van der Waals surface area contributed by atoms with Gasteiger partial charge in [0.25, 0.3) is 0 Å². The molecule has 0 radical (unpaired) electrons. The Hall–Kier alpha value is -2.44. The molecule has 1 aromatic carbocycles. The fourth-order valence-corrected chi connectivity index (χ4v) is 4.16. The Labute approximate surface area is 166 Å². The lowest BCUT2D eigenvalue weighted by atomic mass is 9.94. The SMILES string of the molecule is CCCCc1cccc(C)c1-n1nnn(C(=O)N(CC)C2CCCCC2)c1=O. The van der Waals surface area contributed by atoms with E-state index in [1.54, 1.807) is 4.90 Å². The Morgan fingerprint density at radius 2 is 1.93 bits per heavy atom. The number of rotatable bonds is 6. The zero-order valence-corrected chi connectivity index (χ0v) is 17.2. The summed E-state index contributed by atoms with van der Waals surface area (Å²) in [5, 5.41) is 8.01. The fourth-order valence-electron chi connectivity index (χ4n) is 4.16. The molecular formula is C21H31N5O2. The number of amides is 1. The molecule has 0 aliphatic heterocycles. The smallest absolute Gasteiger partial charge is 0.320 e. The predicted molar refractivity (Wildman–Crippen MR) is 109 cm³/mol. The van der Waals surface area contributed by atoms with E-state index in [-0.39, 0.29) is 12.1 Å². The first kappa shape index (κ1) is 20.3. The van der Waals surface area contributed by atoms with E-state index in [1.165, 1.54) is 11.1 Å². The third-order valence-electron chi connectivity index (χ3n) is 5.70. The molecule has 0 saturated heterocycles. The molecule has 152 valence electrons. The number of unbranched alkanes of at least 4 members (excludes halogenated alkanes) is 1. The van der Waals surface area contributed by atoms with Gasteiger partial charge in [-0.1, -0.05) is 50.8 Å². The maximum absolute atomic E-state index is 13.1. The molecule has 3 rings (SSSR count). The van der Waals surface area contributed by atoms with Crippen molar-refractivity contribution in [3.05, 3.63) is 39.8 Å². The second-order valence-electron chi connectivity index (χ2n) is 7.63. The van der Waals surface area contributed by atoms with Crippen LogP contribution in [0.1, 0.15) is 69.9 Å². The van der Waals surface area contributed by atoms with Gasteiger partial charge in [0.05, 0.1) is 5.69 Å². The number of tetrazole rings is 1. The second-order valence-corrected chi connectivity index (χ2v) is 7.63. The van der Waals surface area contributed by atoms with Gasteiger partial charge in [-0.25, -0.2) is 9.59 Å². The molecular weight excluding hydrogens is 354 g/mol. The number of carbonyl (C=O) groups is 1. The van der Waals surface area contributed by atoms with E-state index >= 15 is 0 Å². The van der Waals surface area contributed by atoms with Gasteiger partial charge in [-0.2, -0.15) is 4.68 Å². The zero-order chi connectivity index (χ0) is 20.1. The lowest BCUT2D eigenvalue weighted by Crippen LogP contribution is -2.47. The minimum atomic E-state index is -0.494. The van der Waals surface area contributed by atoms with Gasteiger partial charge in [-0.15, -0.1) is 4.68 Å². The van der Waals surface area contributed by atoms with Gasteiger partial charge in [0.2, 0.25) is 0 Å². The van der Waals surface area contributed by atoms with Crippen LogP contribution in [0.2, 0.25) is 0 Å². The monoisotopic (exact) mass is 385 g/mol. The number of nitrogens with zero attached hydrogens (tertiary/aromatic N) is 5. The van der Waals surface area contributed by atoms with Crippen LogP contribution in [0.4, 0.5) is 4.79 Å². The van der Waals surface area contributed by atoms with Gasteiger partial charge in [0, 0.05) is 12.6 Å². The van der Waals surface area contributed by atoms with Gasteiger partial charge >= 0.3 is 11.7 Å². The number of hydrogen-bond acceptors (Lipinski definition) is 4. The van der Waals surface area contributed by atoms with Crippen LogP contribution in [0.5, 0.6) is 0 Å². The van der Waals surface area contributed by atoms with Crippen molar-refractivity contribution in [1.82, 2.24) is 24.7 Å². The number of aromatic nitrogens is 4. The summed E-state index contributed by atoms with van der Waals surface area (Å²) < 4.78 is 2.21. The van der Waals surface area contributed by atoms with E-state index in [0.717, 1.165) is 66.4 Å². The minimum Gasteiger partial charge on any atom is -0.320 e. The number of hydrogen-bond donors (Lipinski definition) is 0. The van der Waals surface area contributed by atoms with Crippen molar-refractivity contribution in [2.45, 2.75) is 78.2 Å². The normalized spacial score (nSPS) is 15.0. The maximum atomic E-state index is 13.1. The molecule has 0 unspecified atom stereocenters. The quantitative estimate of drug-likeness (QED) is 0.711. The van der Waals surface area contributed by atoms with E-state index in [4.69, 9.17) is 0 Å². The van der Waals surface area contributed by atoms with Crippen LogP contribution in [-0.2, 0) is 6.42 Å². The molecule has 1 amide bonds. The van der Waals surface area contributed by atoms with E-state index in [2.05, 4.69) is 17.4 Å². The van der Waals surface area contributed by atoms with Crippen LogP contribution < -0.4 is 5.69 Å². The Morgan fingerprint density at radius 3 is 2.61 bits per heavy atom. The van der Waals surface area contributed by atoms with E-state index in [1.807, 2.05) is 32.0 Å². The second kappa shape index (κ2) is 9.17. The maximum Gasteiger partial charge on any atom is 0.377 e. The molecule has 1 heterocycles. The Kier molecular flexibility index (Phi) is 6.65. The van der Waals surface area contributed by atoms with Crippen LogP contribution in [0, 0.1) is 6.92 Å². The van der Waals surface area contributed by atoms with Crippen LogP contribution in [0.3, 0.4) is 0 Å². The molecule has 28 heavy (non-hydrogen) atoms. The average Bonchev–Trinajstić information content (AvgIpc) is 3.08. The molecule has 2 aromatic rings. The van der Waals surface area contributed by atoms with Crippen molar-refractivity contribution < 1.29 is 4.79 Å². The van der Waals surface area contributed by atoms with Crippen molar-refractivity contribution in [3.63, 3.8) is 0 Å². The summed E-state index contributed by atoms with van der Waals surface area (Å²) in [4.78, 5) is 27.9. The molecule has 1 saturated carbocycles. The lowest BCUT2D eigenvalue weighted by molar-refractivity contribution is 0.157. The standard InChI is InChI=1S/C21H31N5O2/c1-4-6-12-17-13-10-11-16(3)19(17)25-21(28)26(23-22-25)20(27)24(5-2)18-14-8-7-9-15-18/h10-11,13,18H,4-9,12,14-15H2,1-3H3. The van der Waals surface area contributed by atoms with Crippen molar-refractivity contribution in [2.24, 2.45) is 0 Å². The first-order valence-electron chi connectivity index (χ1n) is 10.5. The fraction of sp³-hybridized carbons (Fsp3) is 0.619. The first-order chi connectivity index (χ1) is 13.6. The van der Waals surface area contributed by atoms with Gasteiger partial charge < -0.3 is 4.90 Å². The number of para-hydroxylation sites is 1. The molecule has 1 aromatic heterocycles. The molecule has 0 N–H and O–H groups in total. The van der Waals surface area contributed by atoms with Crippen molar-refractivity contribution in [3.8, 4) is 5.69 Å². The predicted octanol–water partition coefficient (Wildman–Crippen LogP) is 3.70. The summed E-state index contributed by atoms with van der Waals surface area (Å²) in [6.07, 6.45) is 8.41. The molecule has 1 fully saturated rings. The van der Waals surface area contributed by atoms with Gasteiger partial charge in [0.15, 0.2) is 0 Å². The largest absolute Gasteiger partial charge is 0.377 e. The number of aryl methyl sites for hydroxylation is 2. The van der Waals surface area contributed by atoms with E-state index in [0.29, 0.717) is 6.54 Å². The van der Waals surface area contributed by atoms with Crippen molar-refractivity contribution in [2.75, 3.05) is 6.54 Å². The zero-order valence-electron chi connectivity index (χ0n) is 17.2. The highest BCUT2D eigenvalue weighted by Gasteiger charge is 2.28. The molecule has 0 atom stereocenters. The van der Waals surface area contributed by atoms with Crippen LogP contribution in [0.15, 0.2) is 23.0 Å². The Bertz CT molecular complexity index is 864. The highest BCUT2D eigenvalue weighted by atomic mass is 16.2. The highest BCUT2D eigenvalue weighted by molar-refractivity contribution is 5.76. The topological polar surface area (TPSA) is 73.0 Å². The summed E-state index contributed by atoms with van der Waals surface area (Å²) in [5.74, 6) is 0. The molecule has 0 spiro atoms. The average molecular weight is 386 g/mol. The van der Waals surface area contributed by atoms with Gasteiger partial charge in [-0.05, 0) is 61.1 Å². The van der Waals surface area contributed by atoms with Gasteiger partial charge in [0.1, 0.15) is 0 Å².